The first kappa shape index (κ1) is 19.4. The molecule has 2 rings (SSSR count). The van der Waals surface area contributed by atoms with E-state index in [0.717, 1.165) is 50.9 Å². The quantitative estimate of drug-likeness (QED) is 0.757. The summed E-state index contributed by atoms with van der Waals surface area (Å²) in [6.45, 7) is 6.58. The Morgan fingerprint density at radius 3 is 2.52 bits per heavy atom. The third kappa shape index (κ3) is 5.85. The molecule has 25 heavy (non-hydrogen) atoms. The molecule has 1 fully saturated rings. The molecule has 1 aromatic carbocycles. The number of carboxylic acids is 1. The first-order valence-electron chi connectivity index (χ1n) is 9.38. The van der Waals surface area contributed by atoms with Crippen LogP contribution in [0.3, 0.4) is 0 Å². The van der Waals surface area contributed by atoms with Crippen LogP contribution in [-0.2, 0) is 16.0 Å². The molecule has 2 N–H and O–H groups in total. The van der Waals surface area contributed by atoms with Gasteiger partial charge in [-0.3, -0.25) is 9.59 Å². The molecule has 1 atom stereocenters. The molecule has 1 unspecified atom stereocenters. The molecule has 0 spiro atoms. The Kier molecular flexibility index (Phi) is 7.44. The molecule has 0 aliphatic carbocycles. The molecule has 1 saturated heterocycles. The zero-order valence-electron chi connectivity index (χ0n) is 15.3. The summed E-state index contributed by atoms with van der Waals surface area (Å²) < 4.78 is 0. The number of carbonyl (C=O) groups is 2. The number of nitrogens with one attached hydrogen (secondary N) is 1. The van der Waals surface area contributed by atoms with Gasteiger partial charge in [0.1, 0.15) is 0 Å². The number of carbonyl (C=O) groups excluding carboxylic acids is 1. The molecule has 1 aromatic rings. The van der Waals surface area contributed by atoms with E-state index in [2.05, 4.69) is 10.2 Å². The van der Waals surface area contributed by atoms with Crippen molar-refractivity contribution in [1.82, 2.24) is 4.90 Å². The number of hydrogen-bond donors (Lipinski definition) is 2. The summed E-state index contributed by atoms with van der Waals surface area (Å²) in [5.41, 5.74) is 2.04. The molecule has 1 heterocycles. The Morgan fingerprint density at radius 2 is 1.92 bits per heavy atom. The second-order valence-corrected chi connectivity index (χ2v) is 6.93. The van der Waals surface area contributed by atoms with E-state index in [9.17, 15) is 9.59 Å². The van der Waals surface area contributed by atoms with Gasteiger partial charge in [-0.15, -0.1) is 0 Å². The average molecular weight is 346 g/mol. The summed E-state index contributed by atoms with van der Waals surface area (Å²) in [6, 6.07) is 7.99. The summed E-state index contributed by atoms with van der Waals surface area (Å²) >= 11 is 0. The van der Waals surface area contributed by atoms with Crippen molar-refractivity contribution in [1.29, 1.82) is 0 Å². The van der Waals surface area contributed by atoms with Crippen LogP contribution in [0, 0.1) is 11.8 Å². The number of hydrogen-bond acceptors (Lipinski definition) is 3. The zero-order valence-corrected chi connectivity index (χ0v) is 15.3. The van der Waals surface area contributed by atoms with Crippen LogP contribution < -0.4 is 5.32 Å². The second kappa shape index (κ2) is 9.56. The van der Waals surface area contributed by atoms with Gasteiger partial charge in [0.15, 0.2) is 0 Å². The average Bonchev–Trinajstić information content (AvgIpc) is 2.62. The van der Waals surface area contributed by atoms with Crippen molar-refractivity contribution >= 4 is 17.6 Å². The van der Waals surface area contributed by atoms with Gasteiger partial charge in [-0.25, -0.2) is 0 Å². The lowest BCUT2D eigenvalue weighted by molar-refractivity contribution is -0.143. The molecule has 1 aliphatic rings. The SMILES string of the molecule is CCC(CC)C(=O)Nc1ccc(CCN2CCCC(C(=O)O)C2)cc1. The minimum atomic E-state index is -0.678. The van der Waals surface area contributed by atoms with Gasteiger partial charge in [-0.05, 0) is 56.3 Å². The monoisotopic (exact) mass is 346 g/mol. The Bertz CT molecular complexity index is 567. The van der Waals surface area contributed by atoms with E-state index in [4.69, 9.17) is 5.11 Å². The highest BCUT2D eigenvalue weighted by atomic mass is 16.4. The van der Waals surface area contributed by atoms with E-state index in [1.165, 1.54) is 5.56 Å². The Labute approximate surface area is 150 Å². The standard InChI is InChI=1S/C20H30N2O3/c1-3-16(4-2)19(23)21-18-9-7-15(8-10-18)11-13-22-12-5-6-17(14-22)20(24)25/h7-10,16-17H,3-6,11-14H2,1-2H3,(H,21,23)(H,24,25). The van der Waals surface area contributed by atoms with E-state index in [-0.39, 0.29) is 17.7 Å². The Hall–Kier alpha value is -1.88. The Morgan fingerprint density at radius 1 is 1.24 bits per heavy atom. The van der Waals surface area contributed by atoms with Crippen LogP contribution in [-0.4, -0.2) is 41.5 Å². The van der Waals surface area contributed by atoms with E-state index >= 15 is 0 Å². The van der Waals surface area contributed by atoms with Gasteiger partial charge >= 0.3 is 5.97 Å². The number of nitrogens with zero attached hydrogens (tertiary/aromatic N) is 1. The maximum atomic E-state index is 12.1. The van der Waals surface area contributed by atoms with Crippen molar-refractivity contribution in [2.75, 3.05) is 25.0 Å². The molecule has 0 saturated carbocycles. The first-order valence-corrected chi connectivity index (χ1v) is 9.38. The summed E-state index contributed by atoms with van der Waals surface area (Å²) in [4.78, 5) is 25.5. The van der Waals surface area contributed by atoms with Crippen molar-refractivity contribution in [3.8, 4) is 0 Å². The topological polar surface area (TPSA) is 69.6 Å². The molecule has 1 aliphatic heterocycles. The normalized spacial score (nSPS) is 18.3. The van der Waals surface area contributed by atoms with E-state index < -0.39 is 5.97 Å². The number of rotatable bonds is 8. The molecule has 0 radical (unpaired) electrons. The lowest BCUT2D eigenvalue weighted by atomic mass is 9.98. The fourth-order valence-electron chi connectivity index (χ4n) is 3.41. The molecular weight excluding hydrogens is 316 g/mol. The largest absolute Gasteiger partial charge is 0.481 e. The second-order valence-electron chi connectivity index (χ2n) is 6.93. The maximum absolute atomic E-state index is 12.1. The van der Waals surface area contributed by atoms with Gasteiger partial charge in [-0.2, -0.15) is 0 Å². The van der Waals surface area contributed by atoms with Crippen LogP contribution in [0.4, 0.5) is 5.69 Å². The van der Waals surface area contributed by atoms with Gasteiger partial charge < -0.3 is 15.3 Å². The number of likely N-dealkylation sites (tertiary alicyclic amines) is 1. The van der Waals surface area contributed by atoms with Crippen molar-refractivity contribution in [2.45, 2.75) is 46.0 Å². The molecule has 138 valence electrons. The van der Waals surface area contributed by atoms with Gasteiger partial charge in [0.2, 0.25) is 5.91 Å². The number of amides is 1. The molecule has 1 amide bonds. The number of anilines is 1. The van der Waals surface area contributed by atoms with Gasteiger partial charge in [0, 0.05) is 24.7 Å². The van der Waals surface area contributed by atoms with Crippen LogP contribution in [0.5, 0.6) is 0 Å². The van der Waals surface area contributed by atoms with Crippen LogP contribution in [0.25, 0.3) is 0 Å². The van der Waals surface area contributed by atoms with Gasteiger partial charge in [0.25, 0.3) is 0 Å². The summed E-state index contributed by atoms with van der Waals surface area (Å²) in [5, 5.41) is 12.1. The van der Waals surface area contributed by atoms with Crippen LogP contribution in [0.2, 0.25) is 0 Å². The molecule has 0 aromatic heterocycles. The lowest BCUT2D eigenvalue weighted by Crippen LogP contribution is -2.39. The predicted molar refractivity (Wildman–Crippen MR) is 99.6 cm³/mol. The number of aliphatic carboxylic acids is 1. The van der Waals surface area contributed by atoms with Gasteiger partial charge in [-0.1, -0.05) is 26.0 Å². The molecular formula is C20H30N2O3. The third-order valence-electron chi connectivity index (χ3n) is 5.15. The fourth-order valence-corrected chi connectivity index (χ4v) is 3.41. The Balaban J connectivity index is 1.82. The van der Waals surface area contributed by atoms with Crippen LogP contribution in [0.15, 0.2) is 24.3 Å². The van der Waals surface area contributed by atoms with E-state index in [1.54, 1.807) is 0 Å². The molecule has 5 nitrogen and oxygen atoms in total. The number of piperidine rings is 1. The third-order valence-corrected chi connectivity index (χ3v) is 5.15. The highest BCUT2D eigenvalue weighted by molar-refractivity contribution is 5.92. The summed E-state index contributed by atoms with van der Waals surface area (Å²) in [7, 11) is 0. The van der Waals surface area contributed by atoms with Crippen molar-refractivity contribution in [3.05, 3.63) is 29.8 Å². The zero-order chi connectivity index (χ0) is 18.2. The lowest BCUT2D eigenvalue weighted by Gasteiger charge is -2.30. The van der Waals surface area contributed by atoms with Crippen molar-refractivity contribution < 1.29 is 14.7 Å². The fraction of sp³-hybridized carbons (Fsp3) is 0.600. The molecule has 0 bridgehead atoms. The maximum Gasteiger partial charge on any atom is 0.307 e. The molecule has 5 heteroatoms. The van der Waals surface area contributed by atoms with Gasteiger partial charge in [0.05, 0.1) is 5.92 Å². The minimum absolute atomic E-state index is 0.0703. The highest BCUT2D eigenvalue weighted by Crippen LogP contribution is 2.18. The van der Waals surface area contributed by atoms with Crippen molar-refractivity contribution in [3.63, 3.8) is 0 Å². The van der Waals surface area contributed by atoms with Crippen LogP contribution in [0.1, 0.15) is 45.1 Å². The van der Waals surface area contributed by atoms with Crippen LogP contribution >= 0.6 is 0 Å². The smallest absolute Gasteiger partial charge is 0.307 e. The summed E-state index contributed by atoms with van der Waals surface area (Å²) in [5.74, 6) is -0.745. The van der Waals surface area contributed by atoms with E-state index in [0.29, 0.717) is 6.54 Å². The summed E-state index contributed by atoms with van der Waals surface area (Å²) in [6.07, 6.45) is 4.35. The highest BCUT2D eigenvalue weighted by Gasteiger charge is 2.24. The van der Waals surface area contributed by atoms with E-state index in [1.807, 2.05) is 38.1 Å². The number of benzene rings is 1. The predicted octanol–water partition coefficient (Wildman–Crippen LogP) is 3.40. The first-order chi connectivity index (χ1) is 12.0. The van der Waals surface area contributed by atoms with Crippen molar-refractivity contribution in [2.24, 2.45) is 11.8 Å². The minimum Gasteiger partial charge on any atom is -0.481 e. The number of carboxylic acid groups (broad SMARTS) is 1.